The number of ether oxygens (including phenoxy) is 4. The lowest BCUT2D eigenvalue weighted by Crippen LogP contribution is -2.37. The normalized spacial score (nSPS) is 22.0. The molecule has 166 valence electrons. The highest BCUT2D eigenvalue weighted by molar-refractivity contribution is 5.89. The van der Waals surface area contributed by atoms with Crippen molar-refractivity contribution in [3.8, 4) is 11.5 Å². The van der Waals surface area contributed by atoms with E-state index in [1.165, 1.54) is 20.0 Å². The van der Waals surface area contributed by atoms with Crippen molar-refractivity contribution in [1.29, 1.82) is 0 Å². The molecule has 0 bridgehead atoms. The molecule has 8 heteroatoms. The summed E-state index contributed by atoms with van der Waals surface area (Å²) in [4.78, 5) is 17.5. The van der Waals surface area contributed by atoms with Crippen LogP contribution in [0.2, 0.25) is 0 Å². The molecule has 1 aliphatic heterocycles. The van der Waals surface area contributed by atoms with E-state index in [-0.39, 0.29) is 30.8 Å². The Hall–Kier alpha value is -2.48. The predicted molar refractivity (Wildman–Crippen MR) is 110 cm³/mol. The summed E-state index contributed by atoms with van der Waals surface area (Å²) < 4.78 is 22.0. The van der Waals surface area contributed by atoms with Crippen molar-refractivity contribution in [3.05, 3.63) is 29.0 Å². The van der Waals surface area contributed by atoms with E-state index in [1.54, 1.807) is 7.11 Å². The summed E-state index contributed by atoms with van der Waals surface area (Å²) in [5.74, 6) is 0.691. The molecule has 8 nitrogen and oxygen atoms in total. The van der Waals surface area contributed by atoms with Crippen molar-refractivity contribution < 1.29 is 33.5 Å². The van der Waals surface area contributed by atoms with Crippen molar-refractivity contribution in [2.24, 2.45) is 0 Å². The van der Waals surface area contributed by atoms with Gasteiger partial charge < -0.3 is 23.8 Å². The highest BCUT2D eigenvalue weighted by Gasteiger charge is 2.36. The molecule has 0 aromatic heterocycles. The van der Waals surface area contributed by atoms with Crippen molar-refractivity contribution in [3.63, 3.8) is 0 Å². The number of esters is 1. The van der Waals surface area contributed by atoms with Crippen LogP contribution in [0.15, 0.2) is 18.2 Å². The molecule has 1 aromatic rings. The van der Waals surface area contributed by atoms with E-state index in [0.717, 1.165) is 18.4 Å². The monoisotopic (exact) mass is 421 g/mol. The molecular formula is C22H31NO7. The Labute approximate surface area is 177 Å². The molecular weight excluding hydrogens is 390 g/mol. The van der Waals surface area contributed by atoms with Gasteiger partial charge in [0.2, 0.25) is 5.71 Å². The number of rotatable bonds is 9. The van der Waals surface area contributed by atoms with Crippen LogP contribution < -0.4 is 9.47 Å². The van der Waals surface area contributed by atoms with E-state index in [4.69, 9.17) is 23.8 Å². The minimum absolute atomic E-state index is 0.103. The number of carbonyl (C=O) groups is 1. The number of hydrogen-bond acceptors (Lipinski definition) is 7. The van der Waals surface area contributed by atoms with Crippen LogP contribution in [0.3, 0.4) is 0 Å². The standard InChI is InChI=1S/C22H31NO7/c1-4-28-22-14-17(18(23(25)30-22)10-12-21(24)27-3)15-9-11-19(26-2)20(13-15)29-16-7-5-6-8-16/h9,11,13,16-17,22H,4-8,10,12,14H2,1-3H3/t17-,22-/m0/s1. The second-order valence-electron chi connectivity index (χ2n) is 7.54. The molecule has 0 unspecified atom stereocenters. The van der Waals surface area contributed by atoms with Crippen molar-refractivity contribution in [2.75, 3.05) is 20.8 Å². The molecule has 1 aliphatic carbocycles. The van der Waals surface area contributed by atoms with Gasteiger partial charge in [-0.15, -0.1) is 0 Å². The zero-order valence-corrected chi connectivity index (χ0v) is 17.9. The largest absolute Gasteiger partial charge is 0.493 e. The lowest BCUT2D eigenvalue weighted by atomic mass is 9.87. The second-order valence-corrected chi connectivity index (χ2v) is 7.54. The van der Waals surface area contributed by atoms with Crippen LogP contribution >= 0.6 is 0 Å². The third-order valence-corrected chi connectivity index (χ3v) is 5.63. The molecule has 1 aromatic carbocycles. The van der Waals surface area contributed by atoms with E-state index < -0.39 is 6.29 Å². The fourth-order valence-corrected chi connectivity index (χ4v) is 4.07. The first-order chi connectivity index (χ1) is 14.5. The first-order valence-electron chi connectivity index (χ1n) is 10.6. The van der Waals surface area contributed by atoms with Crippen LogP contribution in [0.4, 0.5) is 0 Å². The fraction of sp³-hybridized carbons (Fsp3) is 0.636. The van der Waals surface area contributed by atoms with Gasteiger partial charge in [-0.1, -0.05) is 6.07 Å². The molecule has 0 N–H and O–H groups in total. The summed E-state index contributed by atoms with van der Waals surface area (Å²) in [6.07, 6.45) is 4.73. The smallest absolute Gasteiger partial charge is 0.306 e. The van der Waals surface area contributed by atoms with E-state index in [9.17, 15) is 10.0 Å². The van der Waals surface area contributed by atoms with Gasteiger partial charge in [0.05, 0.1) is 32.7 Å². The quantitative estimate of drug-likeness (QED) is 0.444. The Morgan fingerprint density at radius 2 is 2.00 bits per heavy atom. The molecule has 1 fully saturated rings. The molecule has 30 heavy (non-hydrogen) atoms. The van der Waals surface area contributed by atoms with Gasteiger partial charge in [-0.3, -0.25) is 10.0 Å². The molecule has 0 saturated heterocycles. The van der Waals surface area contributed by atoms with Crippen LogP contribution in [-0.2, 0) is 19.1 Å². The van der Waals surface area contributed by atoms with Gasteiger partial charge in [0, 0.05) is 24.4 Å². The van der Waals surface area contributed by atoms with Gasteiger partial charge in [0.1, 0.15) is 0 Å². The van der Waals surface area contributed by atoms with Crippen molar-refractivity contribution in [1.82, 2.24) is 0 Å². The Kier molecular flexibility index (Phi) is 7.79. The zero-order chi connectivity index (χ0) is 21.5. The maximum Gasteiger partial charge on any atom is 0.306 e. The van der Waals surface area contributed by atoms with E-state index in [2.05, 4.69) is 0 Å². The lowest BCUT2D eigenvalue weighted by Gasteiger charge is -2.30. The minimum atomic E-state index is -0.652. The van der Waals surface area contributed by atoms with Gasteiger partial charge in [-0.05, 0) is 50.3 Å². The van der Waals surface area contributed by atoms with Crippen LogP contribution in [0.1, 0.15) is 63.4 Å². The average molecular weight is 421 g/mol. The molecule has 2 aliphatic rings. The summed E-state index contributed by atoms with van der Waals surface area (Å²) in [6, 6.07) is 5.71. The molecule has 0 spiro atoms. The maximum absolute atomic E-state index is 12.6. The van der Waals surface area contributed by atoms with E-state index in [1.807, 2.05) is 25.1 Å². The van der Waals surface area contributed by atoms with E-state index >= 15 is 0 Å². The maximum atomic E-state index is 12.6. The van der Waals surface area contributed by atoms with Crippen molar-refractivity contribution in [2.45, 2.75) is 70.2 Å². The Morgan fingerprint density at radius 3 is 2.67 bits per heavy atom. The van der Waals surface area contributed by atoms with Gasteiger partial charge in [0.15, 0.2) is 17.8 Å². The third kappa shape index (κ3) is 5.36. The molecule has 0 radical (unpaired) electrons. The summed E-state index contributed by atoms with van der Waals surface area (Å²) in [5.41, 5.74) is 1.37. The van der Waals surface area contributed by atoms with E-state index in [0.29, 0.717) is 35.1 Å². The van der Waals surface area contributed by atoms with Gasteiger partial charge in [-0.25, -0.2) is 0 Å². The molecule has 0 amide bonds. The number of benzene rings is 1. The second kappa shape index (κ2) is 10.5. The number of methoxy groups -OCH3 is 2. The van der Waals surface area contributed by atoms with Crippen LogP contribution in [0.5, 0.6) is 11.5 Å². The zero-order valence-electron chi connectivity index (χ0n) is 17.9. The lowest BCUT2D eigenvalue weighted by molar-refractivity contribution is -0.772. The first-order valence-corrected chi connectivity index (χ1v) is 10.6. The van der Waals surface area contributed by atoms with Gasteiger partial charge in [0.25, 0.3) is 0 Å². The number of carbonyl (C=O) groups excluding carboxylic acids is 1. The van der Waals surface area contributed by atoms with Crippen LogP contribution in [-0.4, -0.2) is 49.8 Å². The molecule has 1 heterocycles. The fourth-order valence-electron chi connectivity index (χ4n) is 4.07. The van der Waals surface area contributed by atoms with Crippen molar-refractivity contribution >= 4 is 11.7 Å². The summed E-state index contributed by atoms with van der Waals surface area (Å²) in [5, 5.41) is 12.6. The predicted octanol–water partition coefficient (Wildman–Crippen LogP) is 3.70. The minimum Gasteiger partial charge on any atom is -0.493 e. The van der Waals surface area contributed by atoms with Gasteiger partial charge >= 0.3 is 5.97 Å². The Balaban J connectivity index is 1.89. The third-order valence-electron chi connectivity index (χ3n) is 5.63. The molecule has 3 rings (SSSR count). The topological polar surface area (TPSA) is 89.3 Å². The SMILES string of the molecule is CCO[C@@H]1C[C@@H](c2ccc(OC)c(OC3CCCC3)c2)C(CCC(=O)OC)=[N+]([O-])O1. The first kappa shape index (κ1) is 22.2. The molecule has 1 saturated carbocycles. The number of hydrogen-bond donors (Lipinski definition) is 0. The molecule has 2 atom stereocenters. The van der Waals surface area contributed by atoms with Gasteiger partial charge in [-0.2, -0.15) is 0 Å². The van der Waals surface area contributed by atoms with Crippen LogP contribution in [0.25, 0.3) is 0 Å². The summed E-state index contributed by atoms with van der Waals surface area (Å²) >= 11 is 0. The number of nitrogens with zero attached hydrogens (tertiary/aromatic N) is 1. The summed E-state index contributed by atoms with van der Waals surface area (Å²) in [6.45, 7) is 2.28. The Bertz CT molecular complexity index is 758. The average Bonchev–Trinajstić information content (AvgIpc) is 3.25. The highest BCUT2D eigenvalue weighted by atomic mass is 16.9. The summed E-state index contributed by atoms with van der Waals surface area (Å²) in [7, 11) is 2.95. The van der Waals surface area contributed by atoms with Crippen LogP contribution in [0, 0.1) is 5.21 Å². The highest BCUT2D eigenvalue weighted by Crippen LogP contribution is 2.37. The Morgan fingerprint density at radius 1 is 1.23 bits per heavy atom.